The zero-order chi connectivity index (χ0) is 20.9. The second-order valence-electron chi connectivity index (χ2n) is 6.70. The van der Waals surface area contributed by atoms with Gasteiger partial charge in [0.25, 0.3) is 0 Å². The van der Waals surface area contributed by atoms with E-state index >= 15 is 0 Å². The van der Waals surface area contributed by atoms with E-state index in [1.54, 1.807) is 23.9 Å². The van der Waals surface area contributed by atoms with Crippen molar-refractivity contribution in [2.24, 2.45) is 0 Å². The summed E-state index contributed by atoms with van der Waals surface area (Å²) in [5, 5.41) is 2.37. The van der Waals surface area contributed by atoms with Gasteiger partial charge in [0.2, 0.25) is 0 Å². The van der Waals surface area contributed by atoms with E-state index in [0.29, 0.717) is 21.7 Å². The highest BCUT2D eigenvalue weighted by atomic mass is 35.5. The molecular weight excluding hydrogens is 390 g/mol. The molecule has 0 saturated carbocycles. The van der Waals surface area contributed by atoms with Gasteiger partial charge in [-0.1, -0.05) is 42.8 Å². The molecule has 154 valence electrons. The van der Waals surface area contributed by atoms with Gasteiger partial charge in [0.05, 0.1) is 18.2 Å². The number of halogens is 1. The fourth-order valence-corrected chi connectivity index (χ4v) is 3.37. The summed E-state index contributed by atoms with van der Waals surface area (Å²) < 4.78 is 5.20. The minimum atomic E-state index is -0.0821. The summed E-state index contributed by atoms with van der Waals surface area (Å²) >= 11 is 7.65. The number of ketones is 1. The van der Waals surface area contributed by atoms with Crippen LogP contribution in [0.3, 0.4) is 0 Å². The minimum Gasteiger partial charge on any atom is -0.379 e. The number of Topliss-reactive ketones (excluding diaryl/α,β-unsaturated/α-hetero) is 1. The lowest BCUT2D eigenvalue weighted by Crippen LogP contribution is -2.36. The summed E-state index contributed by atoms with van der Waals surface area (Å²) in [7, 11) is 0. The average molecular weight is 422 g/mol. The van der Waals surface area contributed by atoms with Crippen LogP contribution >= 0.6 is 23.4 Å². The van der Waals surface area contributed by atoms with Crippen molar-refractivity contribution in [3.63, 3.8) is 0 Å². The number of thioether (sulfide) groups is 1. The first kappa shape index (κ1) is 24.7. The van der Waals surface area contributed by atoms with Crippen molar-refractivity contribution >= 4 is 29.1 Å². The number of carbonyl (C=O) groups is 1. The topological polar surface area (TPSA) is 29.5 Å². The highest BCUT2D eigenvalue weighted by Crippen LogP contribution is 2.25. The first-order chi connectivity index (χ1) is 13.4. The number of carbonyl (C=O) groups excluding carboxylic acids is 1. The van der Waals surface area contributed by atoms with E-state index in [0.717, 1.165) is 31.9 Å². The summed E-state index contributed by atoms with van der Waals surface area (Å²) in [6.07, 6.45) is 5.07. The molecule has 0 bridgehead atoms. The quantitative estimate of drug-likeness (QED) is 0.306. The zero-order valence-electron chi connectivity index (χ0n) is 17.5. The monoisotopic (exact) mass is 421 g/mol. The van der Waals surface area contributed by atoms with E-state index in [4.69, 9.17) is 16.3 Å². The van der Waals surface area contributed by atoms with Crippen LogP contribution in [0.15, 0.2) is 59.0 Å². The van der Waals surface area contributed by atoms with Crippen molar-refractivity contribution in [2.45, 2.75) is 27.2 Å². The summed E-state index contributed by atoms with van der Waals surface area (Å²) in [6.45, 7) is 15.4. The van der Waals surface area contributed by atoms with Crippen molar-refractivity contribution in [1.29, 1.82) is 0 Å². The Morgan fingerprint density at radius 2 is 1.93 bits per heavy atom. The molecule has 1 fully saturated rings. The van der Waals surface area contributed by atoms with Crippen LogP contribution in [0.25, 0.3) is 0 Å². The van der Waals surface area contributed by atoms with E-state index in [-0.39, 0.29) is 5.78 Å². The normalized spacial score (nSPS) is 14.3. The van der Waals surface area contributed by atoms with Crippen LogP contribution in [0.5, 0.6) is 0 Å². The third-order valence-electron chi connectivity index (χ3n) is 4.22. The summed E-state index contributed by atoms with van der Waals surface area (Å²) in [5.74, 6) is -0.0821. The molecule has 1 aliphatic rings. The van der Waals surface area contributed by atoms with Crippen LogP contribution < -0.4 is 0 Å². The predicted molar refractivity (Wildman–Crippen MR) is 124 cm³/mol. The van der Waals surface area contributed by atoms with Crippen molar-refractivity contribution in [1.82, 2.24) is 4.90 Å². The molecule has 1 saturated heterocycles. The molecule has 0 N–H and O–H groups in total. The van der Waals surface area contributed by atoms with Gasteiger partial charge in [-0.05, 0) is 62.3 Å². The molecule has 0 spiro atoms. The SMILES string of the molecule is C=C(/C=C\SC)C(C(=O)c1ccccc1Cl)=C(C)C.CCCN1CCOCC1. The summed E-state index contributed by atoms with van der Waals surface area (Å²) in [5.41, 5.74) is 2.78. The number of ether oxygens (including phenoxy) is 1. The molecule has 0 aromatic heterocycles. The van der Waals surface area contributed by atoms with E-state index in [9.17, 15) is 4.79 Å². The number of hydrogen-bond donors (Lipinski definition) is 0. The average Bonchev–Trinajstić information content (AvgIpc) is 2.68. The third-order valence-corrected chi connectivity index (χ3v) is 4.95. The van der Waals surface area contributed by atoms with Gasteiger partial charge in [-0.25, -0.2) is 0 Å². The fraction of sp³-hybridized carbons (Fsp3) is 0.435. The van der Waals surface area contributed by atoms with Crippen LogP contribution in [-0.4, -0.2) is 49.8 Å². The highest BCUT2D eigenvalue weighted by molar-refractivity contribution is 8.01. The molecule has 2 rings (SSSR count). The number of morpholine rings is 1. The van der Waals surface area contributed by atoms with Crippen LogP contribution in [0, 0.1) is 0 Å². The lowest BCUT2D eigenvalue weighted by Gasteiger charge is -2.25. The zero-order valence-corrected chi connectivity index (χ0v) is 19.0. The van der Waals surface area contributed by atoms with E-state index < -0.39 is 0 Å². The number of rotatable bonds is 7. The van der Waals surface area contributed by atoms with Crippen LogP contribution in [-0.2, 0) is 4.74 Å². The molecule has 0 amide bonds. The molecule has 1 aliphatic heterocycles. The lowest BCUT2D eigenvalue weighted by atomic mass is 9.94. The van der Waals surface area contributed by atoms with E-state index in [2.05, 4.69) is 18.4 Å². The number of nitrogens with zero attached hydrogens (tertiary/aromatic N) is 1. The standard InChI is InChI=1S/C16H17ClOS.C7H15NO/c1-11(2)15(12(3)9-10-19-4)16(18)13-7-5-6-8-14(13)17;1-2-3-8-4-6-9-7-5-8/h5-10H,3H2,1-2,4H3;2-7H2,1H3/b10-9-;. The molecular formula is C23H32ClNO2S. The van der Waals surface area contributed by atoms with Gasteiger partial charge >= 0.3 is 0 Å². The van der Waals surface area contributed by atoms with Gasteiger partial charge in [-0.15, -0.1) is 11.8 Å². The van der Waals surface area contributed by atoms with Gasteiger partial charge < -0.3 is 4.74 Å². The third kappa shape index (κ3) is 8.36. The number of allylic oxidation sites excluding steroid dienone is 4. The molecule has 1 aromatic rings. The van der Waals surface area contributed by atoms with Gasteiger partial charge in [0.1, 0.15) is 0 Å². The van der Waals surface area contributed by atoms with Crippen molar-refractivity contribution in [2.75, 3.05) is 39.1 Å². The number of benzene rings is 1. The van der Waals surface area contributed by atoms with Crippen LogP contribution in [0.4, 0.5) is 0 Å². The summed E-state index contributed by atoms with van der Waals surface area (Å²) in [6, 6.07) is 7.07. The Hall–Kier alpha value is -1.33. The van der Waals surface area contributed by atoms with E-state index in [1.165, 1.54) is 13.0 Å². The maximum Gasteiger partial charge on any atom is 0.195 e. The molecule has 1 heterocycles. The Morgan fingerprint density at radius 3 is 2.46 bits per heavy atom. The maximum atomic E-state index is 12.6. The number of hydrogen-bond acceptors (Lipinski definition) is 4. The Balaban J connectivity index is 0.000000362. The van der Waals surface area contributed by atoms with Crippen molar-refractivity contribution < 1.29 is 9.53 Å². The Kier molecular flexibility index (Phi) is 12.2. The van der Waals surface area contributed by atoms with Gasteiger partial charge in [0.15, 0.2) is 5.78 Å². The highest BCUT2D eigenvalue weighted by Gasteiger charge is 2.17. The molecule has 0 radical (unpaired) electrons. The second-order valence-corrected chi connectivity index (χ2v) is 7.85. The first-order valence-corrected chi connectivity index (χ1v) is 11.2. The molecule has 0 atom stereocenters. The van der Waals surface area contributed by atoms with Crippen molar-refractivity contribution in [3.05, 3.63) is 69.6 Å². The Morgan fingerprint density at radius 1 is 1.29 bits per heavy atom. The molecule has 3 nitrogen and oxygen atoms in total. The molecule has 0 unspecified atom stereocenters. The smallest absolute Gasteiger partial charge is 0.195 e. The first-order valence-electron chi connectivity index (χ1n) is 9.57. The predicted octanol–water partition coefficient (Wildman–Crippen LogP) is 6.02. The maximum absolute atomic E-state index is 12.6. The Labute approximate surface area is 179 Å². The summed E-state index contributed by atoms with van der Waals surface area (Å²) in [4.78, 5) is 15.0. The fourth-order valence-electron chi connectivity index (χ4n) is 2.85. The Bertz CT molecular complexity index is 700. The van der Waals surface area contributed by atoms with Gasteiger partial charge in [-0.3, -0.25) is 9.69 Å². The molecule has 5 heteroatoms. The van der Waals surface area contributed by atoms with Crippen molar-refractivity contribution in [3.8, 4) is 0 Å². The molecule has 28 heavy (non-hydrogen) atoms. The van der Waals surface area contributed by atoms with Gasteiger partial charge in [-0.2, -0.15) is 0 Å². The minimum absolute atomic E-state index is 0.0821. The molecule has 0 aliphatic carbocycles. The van der Waals surface area contributed by atoms with E-state index in [1.807, 2.05) is 43.7 Å². The molecule has 1 aromatic carbocycles. The van der Waals surface area contributed by atoms with Crippen LogP contribution in [0.2, 0.25) is 5.02 Å². The van der Waals surface area contributed by atoms with Crippen LogP contribution in [0.1, 0.15) is 37.6 Å². The largest absolute Gasteiger partial charge is 0.379 e. The lowest BCUT2D eigenvalue weighted by molar-refractivity contribution is 0.0380. The second kappa shape index (κ2) is 13.8. The van der Waals surface area contributed by atoms with Gasteiger partial charge in [0, 0.05) is 24.2 Å².